The first-order valence-electron chi connectivity index (χ1n) is 6.82. The van der Waals surface area contributed by atoms with Crippen molar-refractivity contribution in [3.63, 3.8) is 0 Å². The molecule has 1 aromatic rings. The lowest BCUT2D eigenvalue weighted by molar-refractivity contribution is 0.678. The zero-order valence-corrected chi connectivity index (χ0v) is 11.7. The molecule has 1 saturated carbocycles. The summed E-state index contributed by atoms with van der Waals surface area (Å²) in [6, 6.07) is 5.79. The zero-order chi connectivity index (χ0) is 12.4. The average Bonchev–Trinajstić information content (AvgIpc) is 3.08. The van der Waals surface area contributed by atoms with Gasteiger partial charge in [0.25, 0.3) is 0 Å². The second-order valence-corrected chi connectivity index (χ2v) is 6.46. The molecule has 1 aromatic heterocycles. The molecule has 3 nitrogen and oxygen atoms in total. The van der Waals surface area contributed by atoms with E-state index in [1.807, 2.05) is 6.20 Å². The molecule has 2 fully saturated rings. The first-order chi connectivity index (χ1) is 8.83. The zero-order valence-electron chi connectivity index (χ0n) is 10.9. The highest BCUT2D eigenvalue weighted by Crippen LogP contribution is 2.25. The molecule has 0 radical (unpaired) electrons. The van der Waals surface area contributed by atoms with E-state index < -0.39 is 0 Å². The molecule has 0 amide bonds. The highest BCUT2D eigenvalue weighted by atomic mass is 32.2. The monoisotopic (exact) mass is 263 g/mol. The number of thioether (sulfide) groups is 1. The summed E-state index contributed by atoms with van der Waals surface area (Å²) in [5.74, 6) is 3.65. The van der Waals surface area contributed by atoms with Gasteiger partial charge in [-0.05, 0) is 42.7 Å². The molecule has 1 aliphatic heterocycles. The first-order valence-corrected chi connectivity index (χ1v) is 7.97. The average molecular weight is 263 g/mol. The number of anilines is 1. The Labute approximate surface area is 113 Å². The van der Waals surface area contributed by atoms with E-state index in [1.165, 1.54) is 36.3 Å². The molecule has 4 heteroatoms. The van der Waals surface area contributed by atoms with Gasteiger partial charge in [0.15, 0.2) is 0 Å². The van der Waals surface area contributed by atoms with E-state index in [4.69, 9.17) is 0 Å². The van der Waals surface area contributed by atoms with Crippen molar-refractivity contribution in [2.75, 3.05) is 23.5 Å². The predicted molar refractivity (Wildman–Crippen MR) is 78.2 cm³/mol. The third kappa shape index (κ3) is 2.98. The summed E-state index contributed by atoms with van der Waals surface area (Å²) in [6.45, 7) is 0.980. The van der Waals surface area contributed by atoms with Gasteiger partial charge in [-0.2, -0.15) is 11.8 Å². The first kappa shape index (κ1) is 12.3. The lowest BCUT2D eigenvalue weighted by Gasteiger charge is -2.25. The molecule has 2 heterocycles. The van der Waals surface area contributed by atoms with Crippen LogP contribution < -0.4 is 10.2 Å². The Bertz CT molecular complexity index is 400. The minimum Gasteiger partial charge on any atom is -0.356 e. The molecule has 98 valence electrons. The van der Waals surface area contributed by atoms with Crippen molar-refractivity contribution in [1.82, 2.24) is 10.3 Å². The van der Waals surface area contributed by atoms with Crippen LogP contribution in [0.2, 0.25) is 0 Å². The number of rotatable bonds is 5. The molecule has 1 saturated heterocycles. The number of nitrogens with zero attached hydrogens (tertiary/aromatic N) is 2. The van der Waals surface area contributed by atoms with E-state index in [0.29, 0.717) is 6.04 Å². The molecule has 1 unspecified atom stereocenters. The quantitative estimate of drug-likeness (QED) is 0.882. The number of hydrogen-bond acceptors (Lipinski definition) is 4. The van der Waals surface area contributed by atoms with E-state index in [1.54, 1.807) is 0 Å². The summed E-state index contributed by atoms with van der Waals surface area (Å²) >= 11 is 2.05. The maximum absolute atomic E-state index is 4.52. The molecule has 1 N–H and O–H groups in total. The maximum Gasteiger partial charge on any atom is 0.128 e. The molecule has 0 bridgehead atoms. The molecule has 0 aromatic carbocycles. The van der Waals surface area contributed by atoms with Gasteiger partial charge < -0.3 is 10.2 Å². The Kier molecular flexibility index (Phi) is 3.75. The van der Waals surface area contributed by atoms with E-state index >= 15 is 0 Å². The smallest absolute Gasteiger partial charge is 0.128 e. The van der Waals surface area contributed by atoms with Crippen molar-refractivity contribution < 1.29 is 0 Å². The van der Waals surface area contributed by atoms with Gasteiger partial charge in [0, 0.05) is 37.6 Å². The topological polar surface area (TPSA) is 28.2 Å². The summed E-state index contributed by atoms with van der Waals surface area (Å²) in [5, 5.41) is 3.56. The minimum absolute atomic E-state index is 0.661. The SMILES string of the molecule is CN(c1cc(CNC2CC2)ccn1)C1CCSC1. The summed E-state index contributed by atoms with van der Waals surface area (Å²) < 4.78 is 0. The van der Waals surface area contributed by atoms with Gasteiger partial charge in [-0.15, -0.1) is 0 Å². The van der Waals surface area contributed by atoms with Crippen LogP contribution in [0, 0.1) is 0 Å². The van der Waals surface area contributed by atoms with Crippen molar-refractivity contribution in [1.29, 1.82) is 0 Å². The fourth-order valence-corrected chi connectivity index (χ4v) is 3.60. The van der Waals surface area contributed by atoms with Crippen LogP contribution in [0.3, 0.4) is 0 Å². The number of hydrogen-bond donors (Lipinski definition) is 1. The Morgan fingerprint density at radius 1 is 1.44 bits per heavy atom. The normalized spacial score (nSPS) is 23.3. The lowest BCUT2D eigenvalue weighted by atomic mass is 10.2. The minimum atomic E-state index is 0.661. The summed E-state index contributed by atoms with van der Waals surface area (Å²) in [6.07, 6.45) is 5.92. The molecular weight excluding hydrogens is 242 g/mol. The fraction of sp³-hybridized carbons (Fsp3) is 0.643. The third-order valence-electron chi connectivity index (χ3n) is 3.80. The van der Waals surface area contributed by atoms with Crippen LogP contribution in [0.15, 0.2) is 18.3 Å². The van der Waals surface area contributed by atoms with Crippen molar-refractivity contribution >= 4 is 17.6 Å². The maximum atomic E-state index is 4.52. The Morgan fingerprint density at radius 2 is 2.33 bits per heavy atom. The molecule has 1 atom stereocenters. The number of nitrogens with one attached hydrogen (secondary N) is 1. The molecule has 18 heavy (non-hydrogen) atoms. The highest BCUT2D eigenvalue weighted by Gasteiger charge is 2.22. The summed E-state index contributed by atoms with van der Waals surface area (Å²) in [7, 11) is 2.18. The van der Waals surface area contributed by atoms with Crippen LogP contribution >= 0.6 is 11.8 Å². The predicted octanol–water partition coefficient (Wildman–Crippen LogP) is 2.28. The molecule has 3 rings (SSSR count). The van der Waals surface area contributed by atoms with E-state index in [0.717, 1.165) is 18.4 Å². The number of pyridine rings is 1. The van der Waals surface area contributed by atoms with Crippen molar-refractivity contribution in [3.8, 4) is 0 Å². The van der Waals surface area contributed by atoms with Crippen molar-refractivity contribution in [2.24, 2.45) is 0 Å². The Morgan fingerprint density at radius 3 is 3.06 bits per heavy atom. The van der Waals surface area contributed by atoms with Gasteiger partial charge >= 0.3 is 0 Å². The van der Waals surface area contributed by atoms with Crippen LogP contribution in [0.25, 0.3) is 0 Å². The van der Waals surface area contributed by atoms with Crippen molar-refractivity contribution in [3.05, 3.63) is 23.9 Å². The Hall–Kier alpha value is -0.740. The van der Waals surface area contributed by atoms with Crippen LogP contribution in [0.5, 0.6) is 0 Å². The van der Waals surface area contributed by atoms with Crippen LogP contribution in [-0.4, -0.2) is 35.6 Å². The Balaban J connectivity index is 1.64. The van der Waals surface area contributed by atoms with Gasteiger partial charge in [0.05, 0.1) is 0 Å². The van der Waals surface area contributed by atoms with Gasteiger partial charge in [-0.1, -0.05) is 0 Å². The fourth-order valence-electron chi connectivity index (χ4n) is 2.33. The number of aromatic nitrogens is 1. The van der Waals surface area contributed by atoms with Crippen LogP contribution in [-0.2, 0) is 6.54 Å². The molecule has 2 aliphatic rings. The van der Waals surface area contributed by atoms with E-state index in [-0.39, 0.29) is 0 Å². The van der Waals surface area contributed by atoms with Crippen LogP contribution in [0.1, 0.15) is 24.8 Å². The third-order valence-corrected chi connectivity index (χ3v) is 4.94. The molecule has 1 aliphatic carbocycles. The lowest BCUT2D eigenvalue weighted by Crippen LogP contribution is -2.32. The van der Waals surface area contributed by atoms with Gasteiger partial charge in [0.2, 0.25) is 0 Å². The summed E-state index contributed by atoms with van der Waals surface area (Å²) in [5.41, 5.74) is 1.35. The van der Waals surface area contributed by atoms with E-state index in [9.17, 15) is 0 Å². The molecular formula is C14H21N3S. The van der Waals surface area contributed by atoms with Crippen LogP contribution in [0.4, 0.5) is 5.82 Å². The largest absolute Gasteiger partial charge is 0.356 e. The second kappa shape index (κ2) is 5.49. The van der Waals surface area contributed by atoms with E-state index in [2.05, 4.69) is 46.1 Å². The summed E-state index contributed by atoms with van der Waals surface area (Å²) in [4.78, 5) is 6.86. The standard InChI is InChI=1S/C14H21N3S/c1-17(13-5-7-18-10-13)14-8-11(4-6-15-14)9-16-12-2-3-12/h4,6,8,12-13,16H,2-3,5,7,9-10H2,1H3. The van der Waals surface area contributed by atoms with Gasteiger partial charge in [0.1, 0.15) is 5.82 Å². The van der Waals surface area contributed by atoms with Gasteiger partial charge in [-0.3, -0.25) is 0 Å². The van der Waals surface area contributed by atoms with Gasteiger partial charge in [-0.25, -0.2) is 4.98 Å². The second-order valence-electron chi connectivity index (χ2n) is 5.31. The van der Waals surface area contributed by atoms with Crippen molar-refractivity contribution in [2.45, 2.75) is 37.9 Å². The molecule has 0 spiro atoms. The highest BCUT2D eigenvalue weighted by molar-refractivity contribution is 7.99.